The van der Waals surface area contributed by atoms with Gasteiger partial charge in [-0.3, -0.25) is 9.59 Å². The zero-order chi connectivity index (χ0) is 23.8. The number of amides is 1. The summed E-state index contributed by atoms with van der Waals surface area (Å²) in [5.74, 6) is 0.747. The second-order valence-electron chi connectivity index (χ2n) is 8.31. The maximum atomic E-state index is 13.4. The molecule has 1 fully saturated rings. The molecule has 34 heavy (non-hydrogen) atoms. The molecule has 1 unspecified atom stereocenters. The molecule has 1 atom stereocenters. The highest BCUT2D eigenvalue weighted by atomic mass is 16.5. The summed E-state index contributed by atoms with van der Waals surface area (Å²) in [5, 5.41) is 3.03. The number of rotatable bonds is 7. The molecular formula is C29H28N2O3. The smallest absolute Gasteiger partial charge is 0.254 e. The molecule has 1 saturated heterocycles. The quantitative estimate of drug-likeness (QED) is 0.509. The van der Waals surface area contributed by atoms with Gasteiger partial charge in [-0.05, 0) is 73.5 Å². The summed E-state index contributed by atoms with van der Waals surface area (Å²) in [6.07, 6.45) is 12.9. The van der Waals surface area contributed by atoms with E-state index in [0.717, 1.165) is 24.3 Å². The van der Waals surface area contributed by atoms with Gasteiger partial charge in [-0.15, -0.1) is 0 Å². The van der Waals surface area contributed by atoms with Gasteiger partial charge >= 0.3 is 0 Å². The Kier molecular flexibility index (Phi) is 7.75. The van der Waals surface area contributed by atoms with E-state index in [4.69, 9.17) is 4.74 Å². The minimum atomic E-state index is -0.113. The molecule has 1 N–H and O–H groups in total. The first-order valence-corrected chi connectivity index (χ1v) is 11.5. The van der Waals surface area contributed by atoms with E-state index in [1.54, 1.807) is 41.3 Å². The highest BCUT2D eigenvalue weighted by Gasteiger charge is 2.30. The summed E-state index contributed by atoms with van der Waals surface area (Å²) in [7, 11) is 1.87. The number of benzene rings is 1. The van der Waals surface area contributed by atoms with Crippen molar-refractivity contribution in [2.75, 3.05) is 33.3 Å². The van der Waals surface area contributed by atoms with Crippen LogP contribution in [0.15, 0.2) is 84.0 Å². The van der Waals surface area contributed by atoms with Crippen LogP contribution in [-0.4, -0.2) is 49.9 Å². The van der Waals surface area contributed by atoms with Crippen LogP contribution in [0.2, 0.25) is 0 Å². The van der Waals surface area contributed by atoms with Gasteiger partial charge in [0.15, 0.2) is 5.78 Å². The zero-order valence-corrected chi connectivity index (χ0v) is 19.3. The molecule has 0 saturated carbocycles. The van der Waals surface area contributed by atoms with Gasteiger partial charge in [-0.1, -0.05) is 42.5 Å². The van der Waals surface area contributed by atoms with Crippen molar-refractivity contribution >= 4 is 17.8 Å². The number of carbonyl (C=O) groups excluding carboxylic acids is 2. The molecular weight excluding hydrogens is 424 g/mol. The van der Waals surface area contributed by atoms with Crippen LogP contribution in [0.1, 0.15) is 22.3 Å². The van der Waals surface area contributed by atoms with Gasteiger partial charge < -0.3 is 15.0 Å². The van der Waals surface area contributed by atoms with Crippen molar-refractivity contribution in [3.63, 3.8) is 0 Å². The number of allylic oxidation sites excluding steroid dienone is 5. The molecule has 5 nitrogen and oxygen atoms in total. The van der Waals surface area contributed by atoms with Crippen molar-refractivity contribution < 1.29 is 14.3 Å². The Hall–Kier alpha value is -3.88. The highest BCUT2D eigenvalue weighted by molar-refractivity contribution is 6.13. The summed E-state index contributed by atoms with van der Waals surface area (Å²) < 4.78 is 5.66. The molecule has 1 heterocycles. The Labute approximate surface area is 201 Å². The number of likely N-dealkylation sites (N-methyl/N-ethyl adjacent to an activating group) is 1. The van der Waals surface area contributed by atoms with Crippen molar-refractivity contribution in [1.29, 1.82) is 0 Å². The van der Waals surface area contributed by atoms with Crippen molar-refractivity contribution in [3.05, 3.63) is 107 Å². The molecule has 0 bridgehead atoms. The fraction of sp³-hybridized carbons (Fsp3) is 0.241. The molecule has 2 aromatic carbocycles. The van der Waals surface area contributed by atoms with Crippen LogP contribution in [-0.2, 0) is 4.79 Å². The summed E-state index contributed by atoms with van der Waals surface area (Å²) in [5.41, 5.74) is 2.67. The van der Waals surface area contributed by atoms with E-state index < -0.39 is 0 Å². The second-order valence-corrected chi connectivity index (χ2v) is 8.31. The average molecular weight is 453 g/mol. The Morgan fingerprint density at radius 1 is 1.15 bits per heavy atom. The topological polar surface area (TPSA) is 58.6 Å². The third-order valence-electron chi connectivity index (χ3n) is 5.77. The number of hydrogen-bond donors (Lipinski definition) is 1. The van der Waals surface area contributed by atoms with E-state index in [1.807, 2.05) is 37.4 Å². The number of nitrogens with zero attached hydrogens (tertiary/aromatic N) is 1. The SMILES string of the molecule is CNCCOc1ccc(C(=O)N2C/C(=C\c3cc#ccc3)C(=O)/C(=C/C3C=CC=CC3)C2)cc1. The molecule has 5 heteroatoms. The van der Waals surface area contributed by atoms with E-state index in [2.05, 4.69) is 29.6 Å². The van der Waals surface area contributed by atoms with E-state index in [0.29, 0.717) is 23.3 Å². The molecule has 0 spiro atoms. The normalized spacial score (nSPS) is 20.0. The summed E-state index contributed by atoms with van der Waals surface area (Å²) in [6, 6.07) is 18.4. The van der Waals surface area contributed by atoms with Gasteiger partial charge in [0.05, 0.1) is 6.54 Å². The summed E-state index contributed by atoms with van der Waals surface area (Å²) in [6.45, 7) is 1.85. The molecule has 0 aromatic heterocycles. The predicted octanol–water partition coefficient (Wildman–Crippen LogP) is 4.05. The lowest BCUT2D eigenvalue weighted by Crippen LogP contribution is -2.41. The van der Waals surface area contributed by atoms with Crippen molar-refractivity contribution in [1.82, 2.24) is 10.2 Å². The van der Waals surface area contributed by atoms with Gasteiger partial charge in [-0.2, -0.15) is 0 Å². The standard InChI is InChI=1S/C29H28N2O3/c1-30-16-17-34-27-14-12-24(13-15-27)29(33)31-20-25(18-22-8-4-2-5-9-22)28(32)26(21-31)19-23-10-6-3-7-11-23/h2,4-6,8,10-15,18-19,22,30H,9,16-17,20-21H2,1H3/b25-18+,26-19+. The first-order chi connectivity index (χ1) is 16.6. The van der Waals surface area contributed by atoms with E-state index in [1.165, 1.54) is 0 Å². The number of ether oxygens (including phenoxy) is 1. The molecule has 1 aliphatic heterocycles. The van der Waals surface area contributed by atoms with Crippen molar-refractivity contribution in [3.8, 4) is 5.75 Å². The molecule has 1 amide bonds. The van der Waals surface area contributed by atoms with Gasteiger partial charge in [0.2, 0.25) is 0 Å². The lowest BCUT2D eigenvalue weighted by molar-refractivity contribution is -0.113. The molecule has 2 aliphatic rings. The Morgan fingerprint density at radius 2 is 1.97 bits per heavy atom. The number of likely N-dealkylation sites (tertiary alicyclic amines) is 1. The van der Waals surface area contributed by atoms with Crippen LogP contribution < -0.4 is 10.1 Å². The Bertz CT molecular complexity index is 1130. The van der Waals surface area contributed by atoms with Crippen LogP contribution in [0.3, 0.4) is 0 Å². The molecule has 1 aliphatic carbocycles. The number of ketones is 1. The number of Topliss-reactive ketones (excluding diaryl/α,β-unsaturated/α-hetero) is 1. The van der Waals surface area contributed by atoms with Gasteiger partial charge in [-0.25, -0.2) is 0 Å². The largest absolute Gasteiger partial charge is 0.492 e. The molecule has 2 aromatic rings. The van der Waals surface area contributed by atoms with E-state index in [-0.39, 0.29) is 30.7 Å². The number of hydrogen-bond acceptors (Lipinski definition) is 4. The van der Waals surface area contributed by atoms with Crippen molar-refractivity contribution in [2.45, 2.75) is 6.42 Å². The maximum Gasteiger partial charge on any atom is 0.254 e. The molecule has 4 rings (SSSR count). The number of carbonyl (C=O) groups is 2. The van der Waals surface area contributed by atoms with Crippen LogP contribution in [0, 0.1) is 18.1 Å². The Morgan fingerprint density at radius 3 is 2.68 bits per heavy atom. The average Bonchev–Trinajstić information content (AvgIpc) is 2.88. The summed E-state index contributed by atoms with van der Waals surface area (Å²) >= 11 is 0. The predicted molar refractivity (Wildman–Crippen MR) is 133 cm³/mol. The minimum absolute atomic E-state index is 0.00637. The van der Waals surface area contributed by atoms with E-state index in [9.17, 15) is 9.59 Å². The van der Waals surface area contributed by atoms with Gasteiger partial charge in [0.1, 0.15) is 12.4 Å². The third kappa shape index (κ3) is 5.92. The lowest BCUT2D eigenvalue weighted by atomic mass is 9.90. The first kappa shape index (κ1) is 23.3. The maximum absolute atomic E-state index is 13.4. The second kappa shape index (κ2) is 11.3. The monoisotopic (exact) mass is 452 g/mol. The molecule has 172 valence electrons. The van der Waals surface area contributed by atoms with Crippen LogP contribution in [0.25, 0.3) is 6.08 Å². The Balaban J connectivity index is 1.58. The third-order valence-corrected chi connectivity index (χ3v) is 5.77. The number of piperidine rings is 1. The fourth-order valence-electron chi connectivity index (χ4n) is 3.98. The zero-order valence-electron chi connectivity index (χ0n) is 19.3. The van der Waals surface area contributed by atoms with E-state index >= 15 is 0 Å². The van der Waals surface area contributed by atoms with Crippen LogP contribution in [0.5, 0.6) is 5.75 Å². The fourth-order valence-corrected chi connectivity index (χ4v) is 3.98. The van der Waals surface area contributed by atoms with Crippen LogP contribution in [0.4, 0.5) is 0 Å². The lowest BCUT2D eigenvalue weighted by Gasteiger charge is -2.30. The van der Waals surface area contributed by atoms with Crippen LogP contribution >= 0.6 is 0 Å². The van der Waals surface area contributed by atoms with Gasteiger partial charge in [0.25, 0.3) is 5.91 Å². The number of nitrogens with one attached hydrogen (secondary N) is 1. The van der Waals surface area contributed by atoms with Gasteiger partial charge in [0, 0.05) is 29.8 Å². The first-order valence-electron chi connectivity index (χ1n) is 11.5. The van der Waals surface area contributed by atoms with Crippen molar-refractivity contribution in [2.24, 2.45) is 5.92 Å². The minimum Gasteiger partial charge on any atom is -0.492 e. The summed E-state index contributed by atoms with van der Waals surface area (Å²) in [4.78, 5) is 28.4. The highest BCUT2D eigenvalue weighted by Crippen LogP contribution is 2.25. The molecule has 0 radical (unpaired) electrons.